The average molecular weight is 386 g/mol. The Hall–Kier alpha value is -2.08. The van der Waals surface area contributed by atoms with E-state index in [0.717, 1.165) is 55.9 Å². The molecule has 2 heterocycles. The highest BCUT2D eigenvalue weighted by molar-refractivity contribution is 5.81. The third-order valence-electron chi connectivity index (χ3n) is 5.93. The van der Waals surface area contributed by atoms with Crippen molar-refractivity contribution in [2.45, 2.75) is 45.1 Å². The Labute approximate surface area is 167 Å². The predicted octanol–water partition coefficient (Wildman–Crippen LogP) is 1.96. The molecule has 6 heteroatoms. The lowest BCUT2D eigenvalue weighted by atomic mass is 10.0. The van der Waals surface area contributed by atoms with Crippen LogP contribution in [0, 0.1) is 5.92 Å². The minimum Gasteiger partial charge on any atom is -0.491 e. The van der Waals surface area contributed by atoms with Crippen LogP contribution in [0.15, 0.2) is 18.2 Å². The molecule has 4 rings (SSSR count). The zero-order valence-corrected chi connectivity index (χ0v) is 16.6. The largest absolute Gasteiger partial charge is 0.491 e. The molecule has 1 aromatic carbocycles. The standard InChI is InChI=1S/C22H31N3O3/c26-21(23-9-12-24-10-1-2-11-24)8-4-17-3-7-20-19(15-17)16-25(13-14-28-20)22(27)18-5-6-18/h3,7,15,18H,1-2,4-6,8-14,16H2,(H,23,26). The van der Waals surface area contributed by atoms with Gasteiger partial charge in [-0.15, -0.1) is 0 Å². The minimum absolute atomic E-state index is 0.107. The summed E-state index contributed by atoms with van der Waals surface area (Å²) in [6.45, 7) is 5.81. The molecule has 0 atom stereocenters. The monoisotopic (exact) mass is 385 g/mol. The number of ether oxygens (including phenoxy) is 1. The van der Waals surface area contributed by atoms with Crippen LogP contribution in [0.25, 0.3) is 0 Å². The lowest BCUT2D eigenvalue weighted by molar-refractivity contribution is -0.133. The first-order valence-corrected chi connectivity index (χ1v) is 10.7. The first kappa shape index (κ1) is 19.2. The molecule has 0 radical (unpaired) electrons. The number of nitrogens with one attached hydrogen (secondary N) is 1. The van der Waals surface area contributed by atoms with E-state index in [1.165, 1.54) is 12.8 Å². The van der Waals surface area contributed by atoms with Crippen LogP contribution >= 0.6 is 0 Å². The van der Waals surface area contributed by atoms with Gasteiger partial charge in [-0.3, -0.25) is 9.59 Å². The molecule has 1 saturated carbocycles. The number of likely N-dealkylation sites (tertiary alicyclic amines) is 1. The summed E-state index contributed by atoms with van der Waals surface area (Å²) in [5, 5.41) is 3.04. The first-order chi connectivity index (χ1) is 13.7. The summed E-state index contributed by atoms with van der Waals surface area (Å²) in [5.74, 6) is 1.47. The third-order valence-corrected chi connectivity index (χ3v) is 5.93. The number of aryl methyl sites for hydroxylation is 1. The van der Waals surface area contributed by atoms with Crippen LogP contribution < -0.4 is 10.1 Å². The summed E-state index contributed by atoms with van der Waals surface area (Å²) < 4.78 is 5.83. The van der Waals surface area contributed by atoms with Crippen LogP contribution in [0.2, 0.25) is 0 Å². The fourth-order valence-electron chi connectivity index (χ4n) is 4.09. The van der Waals surface area contributed by atoms with Gasteiger partial charge in [0.05, 0.1) is 6.54 Å². The number of fused-ring (bicyclic) bond motifs is 1. The highest BCUT2D eigenvalue weighted by Crippen LogP contribution is 2.33. The molecule has 2 amide bonds. The Balaban J connectivity index is 1.27. The van der Waals surface area contributed by atoms with E-state index in [2.05, 4.69) is 16.3 Å². The predicted molar refractivity (Wildman–Crippen MR) is 107 cm³/mol. The minimum atomic E-state index is 0.107. The van der Waals surface area contributed by atoms with Crippen LogP contribution in [-0.2, 0) is 22.6 Å². The van der Waals surface area contributed by atoms with Gasteiger partial charge >= 0.3 is 0 Å². The molecule has 1 N–H and O–H groups in total. The van der Waals surface area contributed by atoms with Crippen LogP contribution in [0.3, 0.4) is 0 Å². The molecule has 1 saturated heterocycles. The summed E-state index contributed by atoms with van der Waals surface area (Å²) in [7, 11) is 0. The van der Waals surface area contributed by atoms with Gasteiger partial charge in [-0.25, -0.2) is 0 Å². The molecule has 0 unspecified atom stereocenters. The molecule has 1 aliphatic carbocycles. The van der Waals surface area contributed by atoms with E-state index in [-0.39, 0.29) is 17.7 Å². The topological polar surface area (TPSA) is 61.9 Å². The van der Waals surface area contributed by atoms with E-state index >= 15 is 0 Å². The van der Waals surface area contributed by atoms with Gasteiger partial charge in [-0.1, -0.05) is 12.1 Å². The zero-order valence-electron chi connectivity index (χ0n) is 16.6. The summed E-state index contributed by atoms with van der Waals surface area (Å²) in [6.07, 6.45) is 5.80. The van der Waals surface area contributed by atoms with Crippen molar-refractivity contribution in [1.82, 2.24) is 15.1 Å². The van der Waals surface area contributed by atoms with Crippen molar-refractivity contribution in [2.75, 3.05) is 39.3 Å². The van der Waals surface area contributed by atoms with Gasteiger partial charge in [0.15, 0.2) is 0 Å². The second-order valence-corrected chi connectivity index (χ2v) is 8.22. The Kier molecular flexibility index (Phi) is 6.15. The van der Waals surface area contributed by atoms with Gasteiger partial charge in [0, 0.05) is 37.5 Å². The number of nitrogens with zero attached hydrogens (tertiary/aromatic N) is 2. The molecular formula is C22H31N3O3. The maximum atomic E-state index is 12.4. The van der Waals surface area contributed by atoms with Gasteiger partial charge in [-0.05, 0) is 56.8 Å². The SMILES string of the molecule is O=C(CCc1ccc2c(c1)CN(C(=O)C1CC1)CCO2)NCCN1CCCC1. The number of hydrogen-bond donors (Lipinski definition) is 1. The summed E-state index contributed by atoms with van der Waals surface area (Å²) in [4.78, 5) is 28.9. The highest BCUT2D eigenvalue weighted by atomic mass is 16.5. The van der Waals surface area contributed by atoms with Crippen molar-refractivity contribution in [2.24, 2.45) is 5.92 Å². The molecule has 0 aromatic heterocycles. The van der Waals surface area contributed by atoms with Crippen molar-refractivity contribution in [3.8, 4) is 5.75 Å². The van der Waals surface area contributed by atoms with E-state index in [0.29, 0.717) is 32.5 Å². The van der Waals surface area contributed by atoms with Crippen molar-refractivity contribution in [1.29, 1.82) is 0 Å². The van der Waals surface area contributed by atoms with Gasteiger partial charge in [0.25, 0.3) is 0 Å². The molecule has 1 aromatic rings. The Bertz CT molecular complexity index is 711. The number of amides is 2. The normalized spacial score (nSPS) is 19.6. The first-order valence-electron chi connectivity index (χ1n) is 10.7. The van der Waals surface area contributed by atoms with Gasteiger partial charge < -0.3 is 19.9 Å². The molecule has 28 heavy (non-hydrogen) atoms. The second-order valence-electron chi connectivity index (χ2n) is 8.22. The van der Waals surface area contributed by atoms with Crippen LogP contribution in [0.5, 0.6) is 5.75 Å². The van der Waals surface area contributed by atoms with E-state index in [1.807, 2.05) is 17.0 Å². The molecular weight excluding hydrogens is 354 g/mol. The fourth-order valence-corrected chi connectivity index (χ4v) is 4.09. The fraction of sp³-hybridized carbons (Fsp3) is 0.636. The van der Waals surface area contributed by atoms with Gasteiger partial charge in [0.1, 0.15) is 12.4 Å². The highest BCUT2D eigenvalue weighted by Gasteiger charge is 2.34. The van der Waals surface area contributed by atoms with E-state index in [9.17, 15) is 9.59 Å². The Morgan fingerprint density at radius 3 is 2.75 bits per heavy atom. The van der Waals surface area contributed by atoms with Gasteiger partial charge in [0.2, 0.25) is 11.8 Å². The third kappa shape index (κ3) is 5.04. The van der Waals surface area contributed by atoms with E-state index < -0.39 is 0 Å². The smallest absolute Gasteiger partial charge is 0.226 e. The number of carbonyl (C=O) groups excluding carboxylic acids is 2. The number of carbonyl (C=O) groups is 2. The molecule has 6 nitrogen and oxygen atoms in total. The molecule has 3 aliphatic rings. The maximum Gasteiger partial charge on any atom is 0.226 e. The number of hydrogen-bond acceptors (Lipinski definition) is 4. The zero-order chi connectivity index (χ0) is 19.3. The van der Waals surface area contributed by atoms with Crippen molar-refractivity contribution in [3.63, 3.8) is 0 Å². The van der Waals surface area contributed by atoms with Gasteiger partial charge in [-0.2, -0.15) is 0 Å². The molecule has 152 valence electrons. The summed E-state index contributed by atoms with van der Waals surface area (Å²) in [5.41, 5.74) is 2.18. The number of benzene rings is 1. The Morgan fingerprint density at radius 1 is 1.14 bits per heavy atom. The molecule has 0 spiro atoms. The van der Waals surface area contributed by atoms with Crippen molar-refractivity contribution < 1.29 is 14.3 Å². The van der Waals surface area contributed by atoms with Crippen LogP contribution in [0.1, 0.15) is 43.2 Å². The van der Waals surface area contributed by atoms with Crippen LogP contribution in [-0.4, -0.2) is 60.9 Å². The Morgan fingerprint density at radius 2 is 1.96 bits per heavy atom. The van der Waals surface area contributed by atoms with E-state index in [4.69, 9.17) is 4.74 Å². The molecule has 2 aliphatic heterocycles. The number of rotatable bonds is 7. The molecule has 2 fully saturated rings. The summed E-state index contributed by atoms with van der Waals surface area (Å²) >= 11 is 0. The maximum absolute atomic E-state index is 12.4. The van der Waals surface area contributed by atoms with Crippen molar-refractivity contribution in [3.05, 3.63) is 29.3 Å². The van der Waals surface area contributed by atoms with Crippen molar-refractivity contribution >= 4 is 11.8 Å². The lowest BCUT2D eigenvalue weighted by Gasteiger charge is -2.19. The average Bonchev–Trinajstić information content (AvgIpc) is 3.46. The summed E-state index contributed by atoms with van der Waals surface area (Å²) in [6, 6.07) is 6.13. The van der Waals surface area contributed by atoms with Crippen LogP contribution in [0.4, 0.5) is 0 Å². The quantitative estimate of drug-likeness (QED) is 0.780. The lowest BCUT2D eigenvalue weighted by Crippen LogP contribution is -2.33. The second kappa shape index (κ2) is 8.95. The van der Waals surface area contributed by atoms with E-state index in [1.54, 1.807) is 0 Å². The molecule has 0 bridgehead atoms.